The molecule has 0 spiro atoms. The van der Waals surface area contributed by atoms with Crippen LogP contribution in [0, 0.1) is 0 Å². The first-order chi connectivity index (χ1) is 11.0. The fourth-order valence-corrected chi connectivity index (χ4v) is 1.19. The van der Waals surface area contributed by atoms with Gasteiger partial charge in [-0.2, -0.15) is 0 Å². The first-order valence-electron chi connectivity index (χ1n) is 6.51. The van der Waals surface area contributed by atoms with E-state index in [9.17, 15) is 28.8 Å². The van der Waals surface area contributed by atoms with Gasteiger partial charge in [-0.25, -0.2) is 9.59 Å². The van der Waals surface area contributed by atoms with E-state index in [1.165, 1.54) is 0 Å². The van der Waals surface area contributed by atoms with Gasteiger partial charge in [-0.3, -0.25) is 19.2 Å². The predicted octanol–water partition coefficient (Wildman–Crippen LogP) is -5.08. The number of carboxylic acids is 2. The van der Waals surface area contributed by atoms with Crippen LogP contribution in [-0.4, -0.2) is 176 Å². The fourth-order valence-electron chi connectivity index (χ4n) is 1.19. The van der Waals surface area contributed by atoms with E-state index in [0.717, 1.165) is 0 Å². The van der Waals surface area contributed by atoms with Gasteiger partial charge in [-0.1, -0.05) is 0 Å². The van der Waals surface area contributed by atoms with Gasteiger partial charge in [0.15, 0.2) is 0 Å². The van der Waals surface area contributed by atoms with Crippen LogP contribution in [0.1, 0.15) is 25.7 Å². The molecule has 0 unspecified atom stereocenters. The van der Waals surface area contributed by atoms with Gasteiger partial charge < -0.3 is 31.2 Å². The van der Waals surface area contributed by atoms with Crippen molar-refractivity contribution in [3.8, 4) is 0 Å². The number of esters is 4. The molecule has 0 amide bonds. The summed E-state index contributed by atoms with van der Waals surface area (Å²) in [6, 6.07) is -2.70. The molecule has 12 nitrogen and oxygen atoms in total. The molecule has 0 aliphatic rings. The molecule has 0 radical (unpaired) electrons. The predicted molar refractivity (Wildman–Crippen MR) is 100 cm³/mol. The number of ether oxygens (including phenoxy) is 2. The van der Waals surface area contributed by atoms with Gasteiger partial charge >= 0.3 is 154 Å². The van der Waals surface area contributed by atoms with Crippen molar-refractivity contribution in [2.75, 3.05) is 0 Å². The third-order valence-electron chi connectivity index (χ3n) is 2.53. The molecule has 0 bridgehead atoms. The first kappa shape index (κ1) is 39.6. The Morgan fingerprint density at radius 2 is 0.893 bits per heavy atom. The summed E-state index contributed by atoms with van der Waals surface area (Å²) in [6.07, 6.45) is -1.76. The molecule has 16 heteroatoms. The second-order valence-electron chi connectivity index (χ2n) is 4.49. The molecule has 0 saturated heterocycles. The second-order valence-corrected chi connectivity index (χ2v) is 4.49. The number of aliphatic carboxylic acids is 2. The number of carboxylic acid groups (broad SMARTS) is 2. The van der Waals surface area contributed by atoms with Gasteiger partial charge in [0.1, 0.15) is 12.1 Å². The van der Waals surface area contributed by atoms with E-state index in [0.29, 0.717) is 0 Å². The Labute approximate surface area is 248 Å². The summed E-state index contributed by atoms with van der Waals surface area (Å²) >= 11 is 0. The van der Waals surface area contributed by atoms with Crippen LogP contribution >= 0.6 is 0 Å². The van der Waals surface area contributed by atoms with E-state index in [1.807, 2.05) is 0 Å². The van der Waals surface area contributed by atoms with Crippen LogP contribution in [0.2, 0.25) is 0 Å². The van der Waals surface area contributed by atoms with Crippen molar-refractivity contribution in [2.45, 2.75) is 37.8 Å². The normalized spacial score (nSPS) is 10.8. The van der Waals surface area contributed by atoms with Crippen LogP contribution < -0.4 is 11.5 Å². The third kappa shape index (κ3) is 19.1. The molecule has 0 fully saturated rings. The van der Waals surface area contributed by atoms with E-state index in [4.69, 9.17) is 21.7 Å². The van der Waals surface area contributed by atoms with Crippen LogP contribution in [0.5, 0.6) is 0 Å². The summed E-state index contributed by atoms with van der Waals surface area (Å²) < 4.78 is 8.07. The summed E-state index contributed by atoms with van der Waals surface area (Å²) in [5, 5.41) is 17.0. The van der Waals surface area contributed by atoms with E-state index < -0.39 is 60.7 Å². The SMILES string of the molecule is N[C@@H](CCC(=O)OC(=O)C(=O)OC(=O)CC[C@H](N)C(=O)O)C(=O)O.[NaH].[NaH].[NaH].[NaH]. The van der Waals surface area contributed by atoms with Crippen LogP contribution in [-0.2, 0) is 38.2 Å². The number of hydrogen-bond donors (Lipinski definition) is 4. The summed E-state index contributed by atoms with van der Waals surface area (Å²) in [4.78, 5) is 65.6. The molecule has 0 aromatic rings. The first-order valence-corrected chi connectivity index (χ1v) is 6.51. The maximum atomic E-state index is 11.2. The zero-order valence-electron chi connectivity index (χ0n) is 12.3. The topological polar surface area (TPSA) is 213 Å². The summed E-state index contributed by atoms with van der Waals surface area (Å²) in [5.41, 5.74) is 10.2. The molecular formula is C12H20N2Na4O10. The van der Waals surface area contributed by atoms with Crippen molar-refractivity contribution in [3.63, 3.8) is 0 Å². The molecule has 0 aromatic carbocycles. The molecule has 142 valence electrons. The molecule has 28 heavy (non-hydrogen) atoms. The van der Waals surface area contributed by atoms with Crippen molar-refractivity contribution < 1.29 is 48.5 Å². The van der Waals surface area contributed by atoms with E-state index in [-0.39, 0.29) is 131 Å². The van der Waals surface area contributed by atoms with E-state index in [2.05, 4.69) is 9.47 Å². The van der Waals surface area contributed by atoms with Gasteiger partial charge in [0, 0.05) is 12.8 Å². The maximum absolute atomic E-state index is 11.2. The number of nitrogens with two attached hydrogens (primary N) is 2. The number of carbonyl (C=O) groups is 6. The van der Waals surface area contributed by atoms with Crippen LogP contribution in [0.15, 0.2) is 0 Å². The van der Waals surface area contributed by atoms with E-state index in [1.54, 1.807) is 0 Å². The fraction of sp³-hybridized carbons (Fsp3) is 0.500. The van der Waals surface area contributed by atoms with Crippen molar-refractivity contribution in [1.82, 2.24) is 0 Å². The van der Waals surface area contributed by atoms with Gasteiger partial charge in [0.25, 0.3) is 0 Å². The van der Waals surface area contributed by atoms with Crippen molar-refractivity contribution in [3.05, 3.63) is 0 Å². The zero-order chi connectivity index (χ0) is 18.9. The van der Waals surface area contributed by atoms with Crippen LogP contribution in [0.25, 0.3) is 0 Å². The quantitative estimate of drug-likeness (QED) is 0.120. The number of rotatable bonds is 8. The Morgan fingerprint density at radius 1 is 0.643 bits per heavy atom. The minimum absolute atomic E-state index is 0. The third-order valence-corrected chi connectivity index (χ3v) is 2.53. The van der Waals surface area contributed by atoms with Gasteiger partial charge in [0.05, 0.1) is 0 Å². The molecular weight excluding hydrogens is 424 g/mol. The Bertz CT molecular complexity index is 513. The summed E-state index contributed by atoms with van der Waals surface area (Å²) in [6.45, 7) is 0. The van der Waals surface area contributed by atoms with Crippen LogP contribution in [0.4, 0.5) is 0 Å². The minimum atomic E-state index is -1.78. The van der Waals surface area contributed by atoms with Crippen molar-refractivity contribution in [2.24, 2.45) is 11.5 Å². The van der Waals surface area contributed by atoms with Gasteiger partial charge in [-0.05, 0) is 12.8 Å². The van der Waals surface area contributed by atoms with E-state index >= 15 is 0 Å². The molecule has 6 N–H and O–H groups in total. The molecule has 2 atom stereocenters. The number of carbonyl (C=O) groups excluding carboxylic acids is 4. The van der Waals surface area contributed by atoms with Crippen molar-refractivity contribution >= 4 is 154 Å². The molecule has 0 aliphatic carbocycles. The number of hydrogen-bond acceptors (Lipinski definition) is 10. The molecule has 0 aliphatic heterocycles. The summed E-state index contributed by atoms with van der Waals surface area (Å²) in [5.74, 6) is -8.74. The monoisotopic (exact) mass is 444 g/mol. The van der Waals surface area contributed by atoms with Gasteiger partial charge in [-0.15, -0.1) is 0 Å². The molecule has 0 rings (SSSR count). The summed E-state index contributed by atoms with van der Waals surface area (Å²) in [7, 11) is 0. The Morgan fingerprint density at radius 3 is 1.11 bits per heavy atom. The average Bonchev–Trinajstić information content (AvgIpc) is 2.49. The zero-order valence-corrected chi connectivity index (χ0v) is 12.3. The Balaban J connectivity index is -0.000000441. The second kappa shape index (κ2) is 21.4. The molecule has 0 aromatic heterocycles. The standard InChI is InChI=1S/C12H16N2O10.4Na.4H/c13-5(9(17)18)1-3-7(15)23-11(21)12(22)24-8(16)4-2-6(14)10(19)20;;;;;;;;/h5-6H,1-4,13-14H2,(H,17,18)(H,19,20);;;;;;;;/t5-,6-;;;;;;;;/m0......../s1. The van der Waals surface area contributed by atoms with Gasteiger partial charge in [0.2, 0.25) is 0 Å². The molecule has 0 saturated carbocycles. The Hall–Kier alpha value is 1.14. The molecule has 0 heterocycles. The average molecular weight is 444 g/mol. The Kier molecular flexibility index (Phi) is 30.2. The van der Waals surface area contributed by atoms with Crippen LogP contribution in [0.3, 0.4) is 0 Å². The van der Waals surface area contributed by atoms with Crippen molar-refractivity contribution in [1.29, 1.82) is 0 Å².